The van der Waals surface area contributed by atoms with Gasteiger partial charge in [-0.15, -0.1) is 11.6 Å². The second-order valence-electron chi connectivity index (χ2n) is 2.60. The Morgan fingerprint density at radius 2 is 2.46 bits per heavy atom. The number of nitrogens with zero attached hydrogens (tertiary/aromatic N) is 2. The summed E-state index contributed by atoms with van der Waals surface area (Å²) >= 11 is 5.46. The van der Waals surface area contributed by atoms with Crippen LogP contribution in [-0.4, -0.2) is 23.8 Å². The number of hydrogen-bond donors (Lipinski definition) is 0. The summed E-state index contributed by atoms with van der Waals surface area (Å²) in [6, 6.07) is 3.62. The number of halogens is 1. The summed E-state index contributed by atoms with van der Waals surface area (Å²) < 4.78 is 0. The maximum absolute atomic E-state index is 11.4. The molecule has 0 aliphatic carbocycles. The molecule has 70 valence electrons. The van der Waals surface area contributed by atoms with Gasteiger partial charge in [0.25, 0.3) is 0 Å². The highest BCUT2D eigenvalue weighted by Crippen LogP contribution is 2.10. The molecule has 0 fully saturated rings. The monoisotopic (exact) mass is 198 g/mol. The Bertz CT molecular complexity index is 276. The van der Waals surface area contributed by atoms with Gasteiger partial charge in [0.05, 0.1) is 11.9 Å². The molecule has 1 rings (SSSR count). The van der Waals surface area contributed by atoms with Crippen LogP contribution in [0.15, 0.2) is 24.5 Å². The predicted octanol–water partition coefficient (Wildman–Crippen LogP) is 1.67. The summed E-state index contributed by atoms with van der Waals surface area (Å²) in [5, 5.41) is 0. The van der Waals surface area contributed by atoms with Crippen LogP contribution in [0.3, 0.4) is 0 Å². The molecule has 0 bridgehead atoms. The smallest absolute Gasteiger partial charge is 0.227 e. The predicted molar refractivity (Wildman–Crippen MR) is 53.0 cm³/mol. The van der Waals surface area contributed by atoms with Crippen LogP contribution in [0.1, 0.15) is 6.42 Å². The SMILES string of the molecule is CN(C(=O)CCCl)c1cccnc1. The first-order valence-corrected chi connectivity index (χ1v) is 4.51. The average Bonchev–Trinajstić information content (AvgIpc) is 2.18. The van der Waals surface area contributed by atoms with E-state index in [1.54, 1.807) is 30.4 Å². The van der Waals surface area contributed by atoms with Crippen LogP contribution in [0.4, 0.5) is 5.69 Å². The third kappa shape index (κ3) is 2.70. The Morgan fingerprint density at radius 1 is 1.69 bits per heavy atom. The molecule has 0 N–H and O–H groups in total. The first-order chi connectivity index (χ1) is 6.25. The Hall–Kier alpha value is -1.09. The van der Waals surface area contributed by atoms with Crippen molar-refractivity contribution >= 4 is 23.2 Å². The molecule has 1 aromatic heterocycles. The summed E-state index contributed by atoms with van der Waals surface area (Å²) in [5.74, 6) is 0.353. The number of carbonyl (C=O) groups excluding carboxylic acids is 1. The van der Waals surface area contributed by atoms with Crippen LogP contribution in [0.2, 0.25) is 0 Å². The summed E-state index contributed by atoms with van der Waals surface area (Å²) in [4.78, 5) is 16.8. The molecule has 1 aromatic rings. The number of aromatic nitrogens is 1. The van der Waals surface area contributed by atoms with E-state index in [0.29, 0.717) is 12.3 Å². The van der Waals surface area contributed by atoms with E-state index >= 15 is 0 Å². The van der Waals surface area contributed by atoms with Gasteiger partial charge in [0.2, 0.25) is 5.91 Å². The van der Waals surface area contributed by atoms with Crippen LogP contribution in [0.25, 0.3) is 0 Å². The van der Waals surface area contributed by atoms with Gasteiger partial charge in [0.15, 0.2) is 0 Å². The summed E-state index contributed by atoms with van der Waals surface area (Å²) in [5.41, 5.74) is 0.789. The minimum absolute atomic E-state index is 0.00278. The molecule has 0 aliphatic rings. The van der Waals surface area contributed by atoms with Gasteiger partial charge in [-0.05, 0) is 12.1 Å². The average molecular weight is 199 g/mol. The summed E-state index contributed by atoms with van der Waals surface area (Å²) in [6.07, 6.45) is 3.67. The van der Waals surface area contributed by atoms with E-state index < -0.39 is 0 Å². The zero-order chi connectivity index (χ0) is 9.68. The third-order valence-corrected chi connectivity index (χ3v) is 1.90. The van der Waals surface area contributed by atoms with E-state index in [0.717, 1.165) is 5.69 Å². The van der Waals surface area contributed by atoms with Crippen LogP contribution in [-0.2, 0) is 4.79 Å². The van der Waals surface area contributed by atoms with Crippen molar-refractivity contribution in [3.63, 3.8) is 0 Å². The fourth-order valence-electron chi connectivity index (χ4n) is 0.945. The lowest BCUT2D eigenvalue weighted by atomic mass is 10.3. The Labute approximate surface area is 82.3 Å². The van der Waals surface area contributed by atoms with Crippen molar-refractivity contribution in [1.82, 2.24) is 4.98 Å². The highest BCUT2D eigenvalue weighted by molar-refractivity contribution is 6.19. The van der Waals surface area contributed by atoms with Crippen LogP contribution >= 0.6 is 11.6 Å². The van der Waals surface area contributed by atoms with Gasteiger partial charge in [0, 0.05) is 25.5 Å². The molecule has 0 aromatic carbocycles. The Kier molecular flexibility index (Phi) is 3.71. The fourth-order valence-corrected chi connectivity index (χ4v) is 1.11. The molecule has 3 nitrogen and oxygen atoms in total. The lowest BCUT2D eigenvalue weighted by Crippen LogP contribution is -2.26. The van der Waals surface area contributed by atoms with Crippen molar-refractivity contribution in [2.45, 2.75) is 6.42 Å². The van der Waals surface area contributed by atoms with E-state index in [4.69, 9.17) is 11.6 Å². The third-order valence-electron chi connectivity index (χ3n) is 1.72. The number of amides is 1. The topological polar surface area (TPSA) is 33.2 Å². The molecule has 1 heterocycles. The highest BCUT2D eigenvalue weighted by Gasteiger charge is 2.08. The van der Waals surface area contributed by atoms with Gasteiger partial charge < -0.3 is 4.90 Å². The fraction of sp³-hybridized carbons (Fsp3) is 0.333. The lowest BCUT2D eigenvalue weighted by molar-refractivity contribution is -0.117. The van der Waals surface area contributed by atoms with Crippen molar-refractivity contribution in [3.8, 4) is 0 Å². The molecule has 13 heavy (non-hydrogen) atoms. The minimum Gasteiger partial charge on any atom is -0.314 e. The van der Waals surface area contributed by atoms with E-state index in [9.17, 15) is 4.79 Å². The van der Waals surface area contributed by atoms with Gasteiger partial charge >= 0.3 is 0 Å². The minimum atomic E-state index is 0.00278. The molecular formula is C9H11ClN2O. The largest absolute Gasteiger partial charge is 0.314 e. The zero-order valence-electron chi connectivity index (χ0n) is 7.40. The van der Waals surface area contributed by atoms with Gasteiger partial charge in [-0.25, -0.2) is 0 Å². The van der Waals surface area contributed by atoms with Crippen LogP contribution < -0.4 is 4.90 Å². The molecule has 0 atom stereocenters. The normalized spacial score (nSPS) is 9.69. The Morgan fingerprint density at radius 3 is 3.00 bits per heavy atom. The lowest BCUT2D eigenvalue weighted by Gasteiger charge is -2.15. The van der Waals surface area contributed by atoms with Crippen molar-refractivity contribution < 1.29 is 4.79 Å². The zero-order valence-corrected chi connectivity index (χ0v) is 8.16. The molecule has 4 heteroatoms. The van der Waals surface area contributed by atoms with Crippen molar-refractivity contribution in [1.29, 1.82) is 0 Å². The maximum Gasteiger partial charge on any atom is 0.227 e. The number of rotatable bonds is 3. The second-order valence-corrected chi connectivity index (χ2v) is 2.98. The number of hydrogen-bond acceptors (Lipinski definition) is 2. The number of pyridine rings is 1. The van der Waals surface area contributed by atoms with E-state index in [1.165, 1.54) is 0 Å². The van der Waals surface area contributed by atoms with Crippen molar-refractivity contribution in [3.05, 3.63) is 24.5 Å². The molecule has 0 aliphatic heterocycles. The van der Waals surface area contributed by atoms with Gasteiger partial charge in [-0.3, -0.25) is 9.78 Å². The van der Waals surface area contributed by atoms with Crippen LogP contribution in [0, 0.1) is 0 Å². The number of carbonyl (C=O) groups is 1. The number of alkyl halides is 1. The molecule has 0 saturated heterocycles. The number of anilines is 1. The molecule has 0 saturated carbocycles. The van der Waals surface area contributed by atoms with Crippen LogP contribution in [0.5, 0.6) is 0 Å². The second kappa shape index (κ2) is 4.82. The van der Waals surface area contributed by atoms with Gasteiger partial charge in [-0.1, -0.05) is 0 Å². The molecule has 0 unspecified atom stereocenters. The summed E-state index contributed by atoms with van der Waals surface area (Å²) in [6.45, 7) is 0. The van der Waals surface area contributed by atoms with Gasteiger partial charge in [-0.2, -0.15) is 0 Å². The van der Waals surface area contributed by atoms with E-state index in [2.05, 4.69) is 4.98 Å². The Balaban J connectivity index is 2.68. The van der Waals surface area contributed by atoms with Crippen molar-refractivity contribution in [2.75, 3.05) is 17.8 Å². The van der Waals surface area contributed by atoms with E-state index in [1.807, 2.05) is 6.07 Å². The highest BCUT2D eigenvalue weighted by atomic mass is 35.5. The molecule has 1 amide bonds. The van der Waals surface area contributed by atoms with Gasteiger partial charge in [0.1, 0.15) is 0 Å². The maximum atomic E-state index is 11.4. The molecule has 0 spiro atoms. The summed E-state index contributed by atoms with van der Waals surface area (Å²) in [7, 11) is 1.71. The first-order valence-electron chi connectivity index (χ1n) is 3.98. The molecular weight excluding hydrogens is 188 g/mol. The quantitative estimate of drug-likeness (QED) is 0.693. The van der Waals surface area contributed by atoms with E-state index in [-0.39, 0.29) is 5.91 Å². The first kappa shape index (κ1) is 9.99. The van der Waals surface area contributed by atoms with Crippen molar-refractivity contribution in [2.24, 2.45) is 0 Å². The standard InChI is InChI=1S/C9H11ClN2O/c1-12(9(13)4-5-10)8-3-2-6-11-7-8/h2-3,6-7H,4-5H2,1H3. The molecule has 0 radical (unpaired) electrons.